The van der Waals surface area contributed by atoms with Crippen LogP contribution in [0.3, 0.4) is 0 Å². The average molecular weight is 550 g/mol. The van der Waals surface area contributed by atoms with Crippen LogP contribution < -0.4 is 4.72 Å². The number of carbonyl (C=O) groups excluding carboxylic acids is 1. The minimum Gasteiger partial charge on any atom is -0.323 e. The highest BCUT2D eigenvalue weighted by Crippen LogP contribution is 2.28. The van der Waals surface area contributed by atoms with Crippen LogP contribution >= 0.6 is 11.6 Å². The number of sulfonamides is 1. The number of fused-ring (bicyclic) bond motifs is 1. The molecule has 0 radical (unpaired) electrons. The molecule has 0 aliphatic carbocycles. The quantitative estimate of drug-likeness (QED) is 0.278. The van der Waals surface area contributed by atoms with Crippen LogP contribution in [0.25, 0.3) is 22.2 Å². The van der Waals surface area contributed by atoms with E-state index in [2.05, 4.69) is 11.5 Å². The first-order chi connectivity index (χ1) is 17.5. The van der Waals surface area contributed by atoms with Crippen molar-refractivity contribution in [3.63, 3.8) is 0 Å². The van der Waals surface area contributed by atoms with Crippen LogP contribution in [0, 0.1) is 0 Å². The maximum Gasteiger partial charge on any atom is 0.516 e. The molecular weight excluding hydrogens is 527 g/mol. The minimum absolute atomic E-state index is 0.192. The van der Waals surface area contributed by atoms with Gasteiger partial charge in [-0.25, -0.2) is 9.71 Å². The van der Waals surface area contributed by atoms with E-state index in [1.807, 2.05) is 30.3 Å². The van der Waals surface area contributed by atoms with Crippen LogP contribution in [-0.4, -0.2) is 29.4 Å². The average Bonchev–Trinajstić information content (AvgIpc) is 3.18. The summed E-state index contributed by atoms with van der Waals surface area (Å²) in [4.78, 5) is 17.2. The molecule has 0 aliphatic heterocycles. The van der Waals surface area contributed by atoms with E-state index < -0.39 is 21.4 Å². The molecule has 1 amide bonds. The molecule has 0 atom stereocenters. The summed E-state index contributed by atoms with van der Waals surface area (Å²) in [6.07, 6.45) is 2.82. The fourth-order valence-electron chi connectivity index (χ4n) is 4.00. The second-order valence-electron chi connectivity index (χ2n) is 8.47. The predicted octanol–water partition coefficient (Wildman–Crippen LogP) is 6.33. The Kier molecular flexibility index (Phi) is 7.61. The molecule has 0 fully saturated rings. The van der Waals surface area contributed by atoms with Crippen molar-refractivity contribution < 1.29 is 26.4 Å². The zero-order valence-corrected chi connectivity index (χ0v) is 21.3. The smallest absolute Gasteiger partial charge is 0.323 e. The van der Waals surface area contributed by atoms with Gasteiger partial charge in [0.05, 0.1) is 11.0 Å². The molecule has 0 bridgehead atoms. The van der Waals surface area contributed by atoms with E-state index in [9.17, 15) is 26.4 Å². The third-order valence-corrected chi connectivity index (χ3v) is 7.15. The summed E-state index contributed by atoms with van der Waals surface area (Å²) < 4.78 is 64.2. The van der Waals surface area contributed by atoms with Gasteiger partial charge in [-0.3, -0.25) is 4.79 Å². The molecule has 3 aromatic carbocycles. The number of aromatic nitrogens is 2. The molecule has 0 saturated carbocycles. The second kappa shape index (κ2) is 10.5. The molecule has 1 N–H and O–H groups in total. The number of hydrogen-bond acceptors (Lipinski definition) is 4. The summed E-state index contributed by atoms with van der Waals surface area (Å²) >= 11 is 6.15. The largest absolute Gasteiger partial charge is 0.516 e. The molecule has 1 heterocycles. The normalized spacial score (nSPS) is 12.1. The zero-order chi connectivity index (χ0) is 26.8. The first-order valence-corrected chi connectivity index (χ1v) is 13.3. The Morgan fingerprint density at radius 3 is 2.43 bits per heavy atom. The van der Waals surface area contributed by atoms with Crippen molar-refractivity contribution in [1.82, 2.24) is 14.3 Å². The Bertz CT molecular complexity index is 1550. The van der Waals surface area contributed by atoms with E-state index in [1.54, 1.807) is 24.3 Å². The van der Waals surface area contributed by atoms with E-state index >= 15 is 0 Å². The molecular formula is C26H23ClF3N3O3S. The van der Waals surface area contributed by atoms with E-state index in [0.717, 1.165) is 46.4 Å². The number of imidazole rings is 1. The SMILES string of the molecule is CCCCc1nc2cc(Cl)ccc2n1Cc1ccc(-c2ccccc2C(=O)NS(=O)(=O)C(F)(F)F)cc1. The summed E-state index contributed by atoms with van der Waals surface area (Å²) in [5.41, 5.74) is -2.24. The number of amides is 1. The fourth-order valence-corrected chi connectivity index (χ4v) is 4.63. The van der Waals surface area contributed by atoms with Crippen molar-refractivity contribution in [2.75, 3.05) is 0 Å². The molecule has 11 heteroatoms. The first kappa shape index (κ1) is 26.7. The number of hydrogen-bond donors (Lipinski definition) is 1. The van der Waals surface area contributed by atoms with Gasteiger partial charge in [-0.15, -0.1) is 0 Å². The van der Waals surface area contributed by atoms with Gasteiger partial charge < -0.3 is 4.57 Å². The monoisotopic (exact) mass is 549 g/mol. The maximum atomic E-state index is 12.7. The lowest BCUT2D eigenvalue weighted by Gasteiger charge is -2.13. The number of nitrogens with zero attached hydrogens (tertiary/aromatic N) is 2. The molecule has 4 aromatic rings. The van der Waals surface area contributed by atoms with Gasteiger partial charge in [0.1, 0.15) is 5.82 Å². The number of alkyl halides is 3. The van der Waals surface area contributed by atoms with Crippen LogP contribution in [0.15, 0.2) is 66.7 Å². The number of aryl methyl sites for hydroxylation is 1. The number of carbonyl (C=O) groups is 1. The zero-order valence-electron chi connectivity index (χ0n) is 19.7. The third-order valence-electron chi connectivity index (χ3n) is 5.85. The molecule has 1 aromatic heterocycles. The van der Waals surface area contributed by atoms with Crippen LogP contribution in [0.2, 0.25) is 5.02 Å². The highest BCUT2D eigenvalue weighted by molar-refractivity contribution is 7.90. The summed E-state index contributed by atoms with van der Waals surface area (Å²) in [5, 5.41) is 0.606. The third kappa shape index (κ3) is 5.80. The van der Waals surface area contributed by atoms with Crippen LogP contribution in [0.5, 0.6) is 0 Å². The van der Waals surface area contributed by atoms with Gasteiger partial charge in [0, 0.05) is 23.6 Å². The Hall–Kier alpha value is -3.37. The summed E-state index contributed by atoms with van der Waals surface area (Å²) in [7, 11) is -5.83. The Balaban J connectivity index is 1.62. The molecule has 0 unspecified atom stereocenters. The van der Waals surface area contributed by atoms with Gasteiger partial charge in [0.15, 0.2) is 0 Å². The predicted molar refractivity (Wildman–Crippen MR) is 137 cm³/mol. The van der Waals surface area contributed by atoms with E-state index in [0.29, 0.717) is 22.7 Å². The number of nitrogens with one attached hydrogen (secondary N) is 1. The lowest BCUT2D eigenvalue weighted by Crippen LogP contribution is -2.40. The molecule has 194 valence electrons. The fraction of sp³-hybridized carbons (Fsp3) is 0.231. The van der Waals surface area contributed by atoms with Gasteiger partial charge in [0.2, 0.25) is 0 Å². The second-order valence-corrected chi connectivity index (χ2v) is 10.6. The molecule has 0 spiro atoms. The topological polar surface area (TPSA) is 81.1 Å². The van der Waals surface area contributed by atoms with Crippen LogP contribution in [-0.2, 0) is 23.0 Å². The van der Waals surface area contributed by atoms with Crippen molar-refractivity contribution in [1.29, 1.82) is 0 Å². The molecule has 37 heavy (non-hydrogen) atoms. The minimum atomic E-state index is -5.83. The van der Waals surface area contributed by atoms with Gasteiger partial charge in [-0.2, -0.15) is 21.6 Å². The number of unbranched alkanes of at least 4 members (excludes halogenated alkanes) is 1. The number of halogens is 4. The standard InChI is InChI=1S/C26H23ClF3N3O3S/c1-2-3-8-24-31-22-15-19(27)13-14-23(22)33(24)16-17-9-11-18(12-10-17)20-6-4-5-7-21(20)25(34)32-37(35,36)26(28,29)30/h4-7,9-15H,2-3,8,16H2,1H3,(H,32,34). The van der Waals surface area contributed by atoms with E-state index in [-0.39, 0.29) is 5.56 Å². The number of benzene rings is 3. The lowest BCUT2D eigenvalue weighted by molar-refractivity contribution is -0.0446. The van der Waals surface area contributed by atoms with E-state index in [1.165, 1.54) is 12.1 Å². The van der Waals surface area contributed by atoms with Crippen molar-refractivity contribution in [2.45, 2.75) is 38.2 Å². The highest BCUT2D eigenvalue weighted by atomic mass is 35.5. The van der Waals surface area contributed by atoms with Crippen molar-refractivity contribution in [3.8, 4) is 11.1 Å². The van der Waals surface area contributed by atoms with Crippen molar-refractivity contribution in [3.05, 3.63) is 88.7 Å². The summed E-state index contributed by atoms with van der Waals surface area (Å²) in [6.45, 7) is 2.64. The van der Waals surface area contributed by atoms with Crippen molar-refractivity contribution >= 4 is 38.6 Å². The maximum absolute atomic E-state index is 12.7. The Morgan fingerprint density at radius 1 is 1.05 bits per heavy atom. The number of rotatable bonds is 8. The Morgan fingerprint density at radius 2 is 1.76 bits per heavy atom. The van der Waals surface area contributed by atoms with Gasteiger partial charge in [-0.05, 0) is 47.4 Å². The van der Waals surface area contributed by atoms with Crippen LogP contribution in [0.1, 0.15) is 41.5 Å². The molecule has 4 rings (SSSR count). The van der Waals surface area contributed by atoms with Crippen LogP contribution in [0.4, 0.5) is 13.2 Å². The highest BCUT2D eigenvalue weighted by Gasteiger charge is 2.47. The molecule has 0 aliphatic rings. The summed E-state index contributed by atoms with van der Waals surface area (Å²) in [6, 6.07) is 18.6. The first-order valence-electron chi connectivity index (χ1n) is 11.5. The summed E-state index contributed by atoms with van der Waals surface area (Å²) in [5.74, 6) is -0.419. The van der Waals surface area contributed by atoms with Gasteiger partial charge in [0.25, 0.3) is 5.91 Å². The molecule has 6 nitrogen and oxygen atoms in total. The van der Waals surface area contributed by atoms with E-state index in [4.69, 9.17) is 16.6 Å². The van der Waals surface area contributed by atoms with Crippen molar-refractivity contribution in [2.24, 2.45) is 0 Å². The van der Waals surface area contributed by atoms with Gasteiger partial charge in [-0.1, -0.05) is 67.4 Å². The lowest BCUT2D eigenvalue weighted by atomic mass is 9.98. The van der Waals surface area contributed by atoms with Gasteiger partial charge >= 0.3 is 15.5 Å². The Labute approximate surface area is 217 Å². The molecule has 0 saturated heterocycles.